The van der Waals surface area contributed by atoms with Crippen LogP contribution in [0.25, 0.3) is 11.1 Å². The second-order valence-corrected chi connectivity index (χ2v) is 21.7. The number of piperidine rings is 1. The van der Waals surface area contributed by atoms with Crippen LogP contribution in [0, 0.1) is 6.42 Å². The molecule has 317 valence electrons. The molecule has 1 aliphatic rings. The summed E-state index contributed by atoms with van der Waals surface area (Å²) in [6, 6.07) is 34.3. The fraction of sp³-hybridized carbons (Fsp3) is 0.449. The molecular weight excluding hydrogens is 753 g/mol. The molecule has 1 heterocycles. The number of unbranched alkanes of at least 4 members (excludes halogenated alkanes) is 6. The number of anilines is 2. The molecule has 0 spiro atoms. The quantitative estimate of drug-likeness (QED) is 0.0437. The molecule has 5 rings (SSSR count). The van der Waals surface area contributed by atoms with Crippen LogP contribution in [0.4, 0.5) is 16.2 Å². The molecule has 4 aromatic carbocycles. The van der Waals surface area contributed by atoms with Crippen molar-refractivity contribution < 1.29 is 23.5 Å². The molecule has 1 fully saturated rings. The first-order valence-corrected chi connectivity index (χ1v) is 24.6. The lowest BCUT2D eigenvalue weighted by Gasteiger charge is -2.39. The predicted octanol–water partition coefficient (Wildman–Crippen LogP) is 11.7. The van der Waals surface area contributed by atoms with E-state index in [1.165, 1.54) is 6.42 Å². The Kier molecular flexibility index (Phi) is 18.0. The fourth-order valence-corrected chi connectivity index (χ4v) is 8.34. The van der Waals surface area contributed by atoms with E-state index in [1.807, 2.05) is 78.9 Å². The number of nitrogens with zero attached hydrogens (tertiary/aromatic N) is 2. The maximum absolute atomic E-state index is 13.7. The van der Waals surface area contributed by atoms with Crippen LogP contribution >= 0.6 is 0 Å². The van der Waals surface area contributed by atoms with Crippen LogP contribution < -0.4 is 20.4 Å². The highest BCUT2D eigenvalue weighted by molar-refractivity contribution is 6.74. The summed E-state index contributed by atoms with van der Waals surface area (Å²) < 4.78 is 19.0. The van der Waals surface area contributed by atoms with Gasteiger partial charge in [-0.1, -0.05) is 138 Å². The van der Waals surface area contributed by atoms with Crippen molar-refractivity contribution in [2.45, 2.75) is 109 Å². The molecule has 1 saturated heterocycles. The van der Waals surface area contributed by atoms with E-state index < -0.39 is 8.32 Å². The number of carbonyl (C=O) groups is 2. The minimum atomic E-state index is -2.11. The number of rotatable bonds is 23. The second kappa shape index (κ2) is 23.3. The molecule has 0 bridgehead atoms. The number of carbonyl (C=O) groups excluding carboxylic acids is 2. The third-order valence-electron chi connectivity index (χ3n) is 11.5. The van der Waals surface area contributed by atoms with E-state index in [0.717, 1.165) is 98.9 Å². The lowest BCUT2D eigenvalue weighted by atomic mass is 10.0. The molecule has 2 amide bonds. The van der Waals surface area contributed by atoms with Gasteiger partial charge < -0.3 is 24.5 Å². The molecule has 4 aromatic rings. The maximum Gasteiger partial charge on any atom is 0.429 e. The number of hydrazine groups is 1. The lowest BCUT2D eigenvalue weighted by Crippen LogP contribution is -2.49. The second-order valence-electron chi connectivity index (χ2n) is 17.0. The van der Waals surface area contributed by atoms with Gasteiger partial charge in [0.15, 0.2) is 8.32 Å². The highest BCUT2D eigenvalue weighted by Gasteiger charge is 2.39. The standard InChI is InChI=1S/C49H67N4O5Si/c1-49(2,3)59(4,5)58-47(42-30-31-46(44(36-42)51-39-54)57-38-40-24-14-11-15-25-40)37-50-32-20-9-7-6-8-10-23-35-56-48(55)53(52-33-21-13-22-34-52)45-29-19-18-28-43(45)41-26-16-12-17-27-41/h11-19,24-31,36,39,47,50H,6-10,20-23,32-35,37-38H2,1-5H3,(H,51,54)/t47-/m1/s1. The van der Waals surface area contributed by atoms with Gasteiger partial charge in [0.25, 0.3) is 0 Å². The molecule has 1 radical (unpaired) electrons. The molecule has 59 heavy (non-hydrogen) atoms. The maximum atomic E-state index is 13.7. The number of hydrogen-bond donors (Lipinski definition) is 2. The average molecular weight is 820 g/mol. The van der Waals surface area contributed by atoms with Crippen LogP contribution in [0.2, 0.25) is 18.1 Å². The van der Waals surface area contributed by atoms with Crippen molar-refractivity contribution in [3.63, 3.8) is 0 Å². The SMILES string of the molecule is CC(C)(C)[Si](C)(C)O[C@H](CNCCCCCCCCCOC(=O)N(c1ccccc1-c1ccccc1)N1CC[CH]CC1)c1ccc(OCc2ccccc2)c(NC=O)c1. The van der Waals surface area contributed by atoms with Crippen molar-refractivity contribution in [1.29, 1.82) is 0 Å². The molecular formula is C49H67N4O5Si. The Morgan fingerprint density at radius 3 is 2.17 bits per heavy atom. The molecule has 0 unspecified atom stereocenters. The van der Waals surface area contributed by atoms with Gasteiger partial charge in [0, 0.05) is 25.2 Å². The summed E-state index contributed by atoms with van der Waals surface area (Å²) in [5, 5.41) is 10.5. The van der Waals surface area contributed by atoms with Crippen molar-refractivity contribution in [1.82, 2.24) is 10.3 Å². The predicted molar refractivity (Wildman–Crippen MR) is 244 cm³/mol. The molecule has 10 heteroatoms. The summed E-state index contributed by atoms with van der Waals surface area (Å²) in [4.78, 5) is 25.3. The monoisotopic (exact) mass is 819 g/mol. The summed E-state index contributed by atoms with van der Waals surface area (Å²) in [6.45, 7) is 15.3. The van der Waals surface area contributed by atoms with Crippen LogP contribution in [0.15, 0.2) is 103 Å². The molecule has 0 saturated carbocycles. The number of nitrogens with one attached hydrogen (secondary N) is 2. The van der Waals surface area contributed by atoms with E-state index in [9.17, 15) is 9.59 Å². The molecule has 1 atom stereocenters. The van der Waals surface area contributed by atoms with Gasteiger partial charge in [-0.05, 0) is 91.7 Å². The summed E-state index contributed by atoms with van der Waals surface area (Å²) in [6.07, 6.45) is 12.0. The highest BCUT2D eigenvalue weighted by atomic mass is 28.4. The zero-order chi connectivity index (χ0) is 41.9. The van der Waals surface area contributed by atoms with Crippen LogP contribution in [-0.2, 0) is 20.6 Å². The summed E-state index contributed by atoms with van der Waals surface area (Å²) in [7, 11) is -2.11. The van der Waals surface area contributed by atoms with E-state index in [-0.39, 0.29) is 17.2 Å². The zero-order valence-corrected chi connectivity index (χ0v) is 37.1. The number of hydrogen-bond acceptors (Lipinski definition) is 7. The summed E-state index contributed by atoms with van der Waals surface area (Å²) in [5.41, 5.74) is 5.67. The topological polar surface area (TPSA) is 92.4 Å². The summed E-state index contributed by atoms with van der Waals surface area (Å²) >= 11 is 0. The van der Waals surface area contributed by atoms with Crippen LogP contribution in [-0.4, -0.2) is 58.6 Å². The number of ether oxygens (including phenoxy) is 2. The lowest BCUT2D eigenvalue weighted by molar-refractivity contribution is -0.105. The minimum absolute atomic E-state index is 0.0522. The van der Waals surface area contributed by atoms with Gasteiger partial charge in [-0.25, -0.2) is 14.8 Å². The minimum Gasteiger partial charge on any atom is -0.487 e. The number of para-hydroxylation sites is 1. The Bertz CT molecular complexity index is 1850. The van der Waals surface area contributed by atoms with Crippen LogP contribution in [0.3, 0.4) is 0 Å². The molecule has 1 aliphatic heterocycles. The molecule has 0 aromatic heterocycles. The van der Waals surface area contributed by atoms with E-state index in [4.69, 9.17) is 13.9 Å². The van der Waals surface area contributed by atoms with E-state index >= 15 is 0 Å². The van der Waals surface area contributed by atoms with Gasteiger partial charge >= 0.3 is 6.09 Å². The summed E-state index contributed by atoms with van der Waals surface area (Å²) in [5.74, 6) is 0.629. The van der Waals surface area contributed by atoms with Gasteiger partial charge in [-0.3, -0.25) is 4.79 Å². The first-order valence-electron chi connectivity index (χ1n) is 21.6. The largest absolute Gasteiger partial charge is 0.487 e. The zero-order valence-electron chi connectivity index (χ0n) is 36.1. The number of benzene rings is 4. The van der Waals surface area contributed by atoms with E-state index in [2.05, 4.69) is 80.2 Å². The third-order valence-corrected chi connectivity index (χ3v) is 16.0. The molecule has 0 aliphatic carbocycles. The smallest absolute Gasteiger partial charge is 0.429 e. The van der Waals surface area contributed by atoms with Gasteiger partial charge in [0.1, 0.15) is 12.4 Å². The van der Waals surface area contributed by atoms with Crippen molar-refractivity contribution in [3.05, 3.63) is 121 Å². The van der Waals surface area contributed by atoms with Crippen molar-refractivity contribution >= 4 is 32.2 Å². The molecule has 9 nitrogen and oxygen atoms in total. The van der Waals surface area contributed by atoms with Gasteiger partial charge in [-0.15, -0.1) is 0 Å². The van der Waals surface area contributed by atoms with Crippen LogP contribution in [0.1, 0.15) is 95.8 Å². The highest BCUT2D eigenvalue weighted by Crippen LogP contribution is 2.41. The first kappa shape index (κ1) is 45.6. The van der Waals surface area contributed by atoms with E-state index in [1.54, 1.807) is 5.01 Å². The van der Waals surface area contributed by atoms with Crippen molar-refractivity contribution in [2.75, 3.05) is 43.1 Å². The first-order chi connectivity index (χ1) is 28.6. The Labute approximate surface area is 354 Å². The van der Waals surface area contributed by atoms with Gasteiger partial charge in [-0.2, -0.15) is 0 Å². The Morgan fingerprint density at radius 1 is 0.831 bits per heavy atom. The Morgan fingerprint density at radius 2 is 1.47 bits per heavy atom. The van der Waals surface area contributed by atoms with E-state index in [0.29, 0.717) is 37.6 Å². The Hall–Kier alpha value is -4.48. The van der Waals surface area contributed by atoms with Crippen LogP contribution in [0.5, 0.6) is 5.75 Å². The fourth-order valence-electron chi connectivity index (χ4n) is 7.06. The van der Waals surface area contributed by atoms with Crippen molar-refractivity contribution in [3.8, 4) is 16.9 Å². The van der Waals surface area contributed by atoms with Gasteiger partial charge in [0.2, 0.25) is 6.41 Å². The molecule has 2 N–H and O–H groups in total. The number of amides is 2. The normalized spacial score (nSPS) is 14.1. The van der Waals surface area contributed by atoms with Crippen molar-refractivity contribution in [2.24, 2.45) is 0 Å². The third kappa shape index (κ3) is 14.1. The van der Waals surface area contributed by atoms with Gasteiger partial charge in [0.05, 0.1) is 24.1 Å². The Balaban J connectivity index is 1.04. The average Bonchev–Trinajstić information content (AvgIpc) is 3.24.